The van der Waals surface area contributed by atoms with Crippen LogP contribution in [0, 0.1) is 5.82 Å². The fourth-order valence-electron chi connectivity index (χ4n) is 1.72. The topological polar surface area (TPSA) is 66.4 Å². The molecule has 0 bridgehead atoms. The molecule has 1 amide bonds. The first-order valence-corrected chi connectivity index (χ1v) is 5.84. The normalized spacial score (nSPS) is 12.1. The number of hydrogen-bond donors (Lipinski definition) is 2. The van der Waals surface area contributed by atoms with E-state index in [0.717, 1.165) is 12.1 Å². The lowest BCUT2D eigenvalue weighted by Crippen LogP contribution is -2.45. The van der Waals surface area contributed by atoms with Crippen LogP contribution in [0.5, 0.6) is 0 Å². The molecule has 8 heteroatoms. The van der Waals surface area contributed by atoms with Crippen molar-refractivity contribution in [2.24, 2.45) is 0 Å². The van der Waals surface area contributed by atoms with Crippen LogP contribution in [-0.2, 0) is 11.0 Å². The Hall–Kier alpha value is -2.12. The molecule has 1 rings (SSSR count). The number of aliphatic carboxylic acids is 1. The summed E-state index contributed by atoms with van der Waals surface area (Å²) in [6.07, 6.45) is -5.38. The molecule has 116 valence electrons. The van der Waals surface area contributed by atoms with Crippen molar-refractivity contribution in [1.29, 1.82) is 0 Å². The second-order valence-electron chi connectivity index (χ2n) is 5.07. The Balaban J connectivity index is 3.07. The highest BCUT2D eigenvalue weighted by Crippen LogP contribution is 2.32. The van der Waals surface area contributed by atoms with Gasteiger partial charge in [-0.05, 0) is 26.0 Å². The Morgan fingerprint density at radius 3 is 2.29 bits per heavy atom. The van der Waals surface area contributed by atoms with Gasteiger partial charge in [-0.15, -0.1) is 0 Å². The highest BCUT2D eigenvalue weighted by Gasteiger charge is 2.36. The summed E-state index contributed by atoms with van der Waals surface area (Å²) in [5.74, 6) is -4.00. The van der Waals surface area contributed by atoms with Crippen LogP contribution in [0.1, 0.15) is 36.2 Å². The summed E-state index contributed by atoms with van der Waals surface area (Å²) in [6.45, 7) is 2.73. The molecule has 2 N–H and O–H groups in total. The Morgan fingerprint density at radius 1 is 1.24 bits per heavy atom. The average Bonchev–Trinajstić information content (AvgIpc) is 2.24. The Labute approximate surface area is 117 Å². The first-order valence-electron chi connectivity index (χ1n) is 5.84. The zero-order valence-electron chi connectivity index (χ0n) is 11.2. The number of carbonyl (C=O) groups excluding carboxylic acids is 1. The number of rotatable bonds is 4. The molecule has 0 aromatic heterocycles. The first kappa shape index (κ1) is 16.9. The Morgan fingerprint density at radius 2 is 1.81 bits per heavy atom. The van der Waals surface area contributed by atoms with E-state index in [4.69, 9.17) is 5.11 Å². The summed E-state index contributed by atoms with van der Waals surface area (Å²) in [5, 5.41) is 10.9. The molecule has 0 aliphatic heterocycles. The summed E-state index contributed by atoms with van der Waals surface area (Å²) < 4.78 is 51.4. The molecule has 21 heavy (non-hydrogen) atoms. The molecule has 0 atom stereocenters. The predicted molar refractivity (Wildman–Crippen MR) is 65.2 cm³/mol. The minimum Gasteiger partial charge on any atom is -0.481 e. The zero-order valence-corrected chi connectivity index (χ0v) is 11.2. The van der Waals surface area contributed by atoms with E-state index in [1.165, 1.54) is 13.8 Å². The summed E-state index contributed by atoms with van der Waals surface area (Å²) in [6, 6.07) is 2.33. The van der Waals surface area contributed by atoms with Crippen molar-refractivity contribution < 1.29 is 32.3 Å². The maximum Gasteiger partial charge on any atom is 0.419 e. The fourth-order valence-corrected chi connectivity index (χ4v) is 1.72. The standard InChI is InChI=1S/C13H13F4NO3/c1-12(2,6-9(19)20)18-11(21)7-4-3-5-8(10(7)14)13(15,16)17/h3-5H,6H2,1-2H3,(H,18,21)(H,19,20). The summed E-state index contributed by atoms with van der Waals surface area (Å²) in [5.41, 5.74) is -3.57. The monoisotopic (exact) mass is 307 g/mol. The van der Waals surface area contributed by atoms with Gasteiger partial charge in [0.15, 0.2) is 0 Å². The van der Waals surface area contributed by atoms with Crippen LogP contribution in [0.3, 0.4) is 0 Å². The van der Waals surface area contributed by atoms with Gasteiger partial charge in [0.1, 0.15) is 5.82 Å². The van der Waals surface area contributed by atoms with Crippen molar-refractivity contribution in [1.82, 2.24) is 5.32 Å². The molecule has 0 heterocycles. The number of carboxylic acid groups (broad SMARTS) is 1. The van der Waals surface area contributed by atoms with Crippen molar-refractivity contribution in [3.63, 3.8) is 0 Å². The van der Waals surface area contributed by atoms with Gasteiger partial charge < -0.3 is 10.4 Å². The highest BCUT2D eigenvalue weighted by atomic mass is 19.4. The van der Waals surface area contributed by atoms with Crippen LogP contribution in [0.25, 0.3) is 0 Å². The molecule has 0 saturated carbocycles. The summed E-state index contributed by atoms with van der Waals surface area (Å²) >= 11 is 0. The number of carbonyl (C=O) groups is 2. The molecule has 0 fully saturated rings. The van der Waals surface area contributed by atoms with Crippen LogP contribution in [-0.4, -0.2) is 22.5 Å². The number of alkyl halides is 3. The Bertz CT molecular complexity index is 567. The molecule has 1 aromatic rings. The van der Waals surface area contributed by atoms with Crippen molar-refractivity contribution in [2.45, 2.75) is 32.0 Å². The van der Waals surface area contributed by atoms with E-state index in [0.29, 0.717) is 6.07 Å². The number of amides is 1. The molecule has 0 aliphatic rings. The molecule has 1 aromatic carbocycles. The van der Waals surface area contributed by atoms with Gasteiger partial charge in [0, 0.05) is 5.54 Å². The van der Waals surface area contributed by atoms with Crippen LogP contribution in [0.4, 0.5) is 17.6 Å². The van der Waals surface area contributed by atoms with Crippen molar-refractivity contribution in [3.8, 4) is 0 Å². The number of carboxylic acids is 1. The van der Waals surface area contributed by atoms with Gasteiger partial charge in [0.05, 0.1) is 17.5 Å². The van der Waals surface area contributed by atoms with Crippen molar-refractivity contribution in [3.05, 3.63) is 35.1 Å². The average molecular weight is 307 g/mol. The number of hydrogen-bond acceptors (Lipinski definition) is 2. The van der Waals surface area contributed by atoms with Crippen LogP contribution in [0.15, 0.2) is 18.2 Å². The third kappa shape index (κ3) is 4.44. The number of benzene rings is 1. The van der Waals surface area contributed by atoms with E-state index in [9.17, 15) is 27.2 Å². The van der Waals surface area contributed by atoms with Crippen molar-refractivity contribution >= 4 is 11.9 Å². The largest absolute Gasteiger partial charge is 0.481 e. The molecule has 0 unspecified atom stereocenters. The number of halogens is 4. The van der Waals surface area contributed by atoms with Gasteiger partial charge in [-0.3, -0.25) is 9.59 Å². The molecule has 4 nitrogen and oxygen atoms in total. The molecule has 0 spiro atoms. The maximum absolute atomic E-state index is 13.8. The van der Waals surface area contributed by atoms with Crippen LogP contribution < -0.4 is 5.32 Å². The minimum atomic E-state index is -4.92. The fraction of sp³-hybridized carbons (Fsp3) is 0.385. The van der Waals surface area contributed by atoms with Crippen molar-refractivity contribution in [2.75, 3.05) is 0 Å². The minimum absolute atomic E-state index is 0.459. The molecule has 0 aliphatic carbocycles. The van der Waals surface area contributed by atoms with Gasteiger partial charge in [-0.25, -0.2) is 4.39 Å². The second-order valence-corrected chi connectivity index (χ2v) is 5.07. The molecule has 0 radical (unpaired) electrons. The highest BCUT2D eigenvalue weighted by molar-refractivity contribution is 5.95. The van der Waals surface area contributed by atoms with Crippen LogP contribution >= 0.6 is 0 Å². The third-order valence-corrected chi connectivity index (χ3v) is 2.59. The van der Waals surface area contributed by atoms with E-state index in [-0.39, 0.29) is 0 Å². The third-order valence-electron chi connectivity index (χ3n) is 2.59. The summed E-state index contributed by atoms with van der Waals surface area (Å²) in [7, 11) is 0. The second kappa shape index (κ2) is 5.71. The molecular weight excluding hydrogens is 294 g/mol. The zero-order chi connectivity index (χ0) is 16.4. The van der Waals surface area contributed by atoms with Gasteiger partial charge in [-0.2, -0.15) is 13.2 Å². The quantitative estimate of drug-likeness (QED) is 0.841. The van der Waals surface area contributed by atoms with E-state index in [1.54, 1.807) is 0 Å². The van der Waals surface area contributed by atoms with E-state index in [2.05, 4.69) is 5.32 Å². The summed E-state index contributed by atoms with van der Waals surface area (Å²) in [4.78, 5) is 22.4. The lowest BCUT2D eigenvalue weighted by Gasteiger charge is -2.24. The Kier molecular flexibility index (Phi) is 4.60. The van der Waals surface area contributed by atoms with E-state index < -0.39 is 47.0 Å². The SMILES string of the molecule is CC(C)(CC(=O)O)NC(=O)c1cccc(C(F)(F)F)c1F. The van der Waals surface area contributed by atoms with Crippen LogP contribution in [0.2, 0.25) is 0 Å². The maximum atomic E-state index is 13.8. The first-order chi connectivity index (χ1) is 9.44. The van der Waals surface area contributed by atoms with E-state index >= 15 is 0 Å². The lowest BCUT2D eigenvalue weighted by atomic mass is 9.99. The van der Waals surface area contributed by atoms with Gasteiger partial charge >= 0.3 is 12.1 Å². The smallest absolute Gasteiger partial charge is 0.419 e. The predicted octanol–water partition coefficient (Wildman–Crippen LogP) is 2.83. The molecule has 0 saturated heterocycles. The van der Waals surface area contributed by atoms with E-state index in [1.807, 2.05) is 0 Å². The lowest BCUT2D eigenvalue weighted by molar-refractivity contribution is -0.140. The van der Waals surface area contributed by atoms with Gasteiger partial charge in [0.2, 0.25) is 0 Å². The van der Waals surface area contributed by atoms with Gasteiger partial charge in [-0.1, -0.05) is 6.07 Å². The molecular formula is C13H13F4NO3. The van der Waals surface area contributed by atoms with Gasteiger partial charge in [0.25, 0.3) is 5.91 Å². The number of nitrogens with one attached hydrogen (secondary N) is 1.